The lowest BCUT2D eigenvalue weighted by Crippen LogP contribution is -2.31. The van der Waals surface area contributed by atoms with Crippen molar-refractivity contribution in [2.75, 3.05) is 27.2 Å². The van der Waals surface area contributed by atoms with Gasteiger partial charge in [0.15, 0.2) is 5.79 Å². The molecule has 1 fully saturated rings. The van der Waals surface area contributed by atoms with Crippen molar-refractivity contribution in [3.05, 3.63) is 72.9 Å². The molecular weight excluding hydrogens is 599 g/mol. The average molecular weight is 682 g/mol. The van der Waals surface area contributed by atoms with Crippen molar-refractivity contribution in [3.63, 3.8) is 0 Å². The average Bonchev–Trinajstić information content (AvgIpc) is 3.49. The molecule has 49 heavy (non-hydrogen) atoms. The minimum absolute atomic E-state index is 0. The Morgan fingerprint density at radius 2 is 0.878 bits per heavy atom. The van der Waals surface area contributed by atoms with E-state index in [4.69, 9.17) is 9.47 Å². The molecule has 1 atom stereocenters. The zero-order valence-corrected chi connectivity index (χ0v) is 32.4. The molecular formula is C46H83NO2. The van der Waals surface area contributed by atoms with E-state index in [1.807, 2.05) is 0 Å². The molecule has 1 aliphatic heterocycles. The minimum Gasteiger partial charge on any atom is -0.347 e. The lowest BCUT2D eigenvalue weighted by molar-refractivity contribution is -0.180. The van der Waals surface area contributed by atoms with Crippen molar-refractivity contribution >= 4 is 0 Å². The molecule has 0 saturated carbocycles. The molecule has 0 N–H and O–H groups in total. The Morgan fingerprint density at radius 1 is 0.510 bits per heavy atom. The predicted molar refractivity (Wildman–Crippen MR) is 220 cm³/mol. The van der Waals surface area contributed by atoms with Crippen LogP contribution in [0.25, 0.3) is 0 Å². The summed E-state index contributed by atoms with van der Waals surface area (Å²) in [5.74, 6) is -0.342. The van der Waals surface area contributed by atoms with Gasteiger partial charge in [-0.2, -0.15) is 0 Å². The number of allylic oxidation sites excluding steroid dienone is 12. The fourth-order valence-corrected chi connectivity index (χ4v) is 6.15. The molecule has 1 saturated heterocycles. The van der Waals surface area contributed by atoms with E-state index in [9.17, 15) is 0 Å². The van der Waals surface area contributed by atoms with Crippen LogP contribution in [0, 0.1) is 0 Å². The zero-order chi connectivity index (χ0) is 34.6. The van der Waals surface area contributed by atoms with Crippen LogP contribution in [-0.2, 0) is 9.47 Å². The summed E-state index contributed by atoms with van der Waals surface area (Å²) in [6.07, 6.45) is 58.4. The first-order valence-corrected chi connectivity index (χ1v) is 20.5. The summed E-state index contributed by atoms with van der Waals surface area (Å²) in [7, 11) is 4.29. The van der Waals surface area contributed by atoms with Crippen molar-refractivity contribution in [2.24, 2.45) is 0 Å². The lowest BCUT2D eigenvalue weighted by atomic mass is 9.99. The van der Waals surface area contributed by atoms with E-state index in [1.165, 1.54) is 116 Å². The summed E-state index contributed by atoms with van der Waals surface area (Å²) < 4.78 is 13.1. The van der Waals surface area contributed by atoms with Gasteiger partial charge in [-0.3, -0.25) is 0 Å². The van der Waals surface area contributed by atoms with Crippen LogP contribution in [0.4, 0.5) is 0 Å². The van der Waals surface area contributed by atoms with E-state index in [-0.39, 0.29) is 19.3 Å². The van der Waals surface area contributed by atoms with Crippen LogP contribution >= 0.6 is 0 Å². The van der Waals surface area contributed by atoms with Gasteiger partial charge in [-0.25, -0.2) is 0 Å². The smallest absolute Gasteiger partial charge is 0.168 e. The van der Waals surface area contributed by atoms with Gasteiger partial charge in [0, 0.05) is 19.4 Å². The number of nitrogens with zero attached hydrogens (tertiary/aromatic N) is 1. The van der Waals surface area contributed by atoms with E-state index in [0.717, 1.165) is 58.1 Å². The van der Waals surface area contributed by atoms with E-state index in [0.29, 0.717) is 0 Å². The number of ether oxygens (including phenoxy) is 2. The highest BCUT2D eigenvalue weighted by Gasteiger charge is 2.40. The van der Waals surface area contributed by atoms with Crippen molar-refractivity contribution in [1.29, 1.82) is 0 Å². The monoisotopic (exact) mass is 682 g/mol. The molecule has 0 aromatic rings. The number of rotatable bonds is 33. The summed E-state index contributed by atoms with van der Waals surface area (Å²) in [5.41, 5.74) is 0. The molecule has 284 valence electrons. The molecule has 0 aromatic heterocycles. The largest absolute Gasteiger partial charge is 0.347 e. The molecule has 1 unspecified atom stereocenters. The third-order valence-corrected chi connectivity index (χ3v) is 9.21. The Kier molecular flexibility index (Phi) is 34.9. The Balaban J connectivity index is 0.0000230. The molecule has 0 spiro atoms. The van der Waals surface area contributed by atoms with Crippen LogP contribution in [0.15, 0.2) is 72.9 Å². The highest BCUT2D eigenvalue weighted by atomic mass is 16.7. The maximum absolute atomic E-state index is 6.66. The van der Waals surface area contributed by atoms with E-state index >= 15 is 0 Å². The first kappa shape index (κ1) is 47.3. The van der Waals surface area contributed by atoms with Crippen LogP contribution in [-0.4, -0.2) is 44.0 Å². The molecule has 0 aromatic carbocycles. The molecule has 0 radical (unpaired) electrons. The fraction of sp³-hybridized carbons (Fsp3) is 0.739. The molecule has 3 heteroatoms. The first-order valence-electron chi connectivity index (χ1n) is 20.5. The highest BCUT2D eigenvalue weighted by Crippen LogP contribution is 2.35. The summed E-state index contributed by atoms with van der Waals surface area (Å²) in [6, 6.07) is 0. The molecule has 1 aliphatic rings. The van der Waals surface area contributed by atoms with Crippen molar-refractivity contribution in [2.45, 2.75) is 194 Å². The second-order valence-electron chi connectivity index (χ2n) is 14.2. The van der Waals surface area contributed by atoms with Crippen LogP contribution in [0.5, 0.6) is 0 Å². The Labute approximate surface area is 307 Å². The molecule has 3 nitrogen and oxygen atoms in total. The van der Waals surface area contributed by atoms with Crippen molar-refractivity contribution in [3.8, 4) is 0 Å². The van der Waals surface area contributed by atoms with Gasteiger partial charge in [0.25, 0.3) is 0 Å². The Morgan fingerprint density at radius 3 is 1.27 bits per heavy atom. The SMILES string of the molecule is C.CCCCC/C=C\C/C=C\C/C=C\CCCCCCC1(CCCCCC/C=C\C/C=C\C/C=C\CCCCC)OCC(CCN(C)C)O1. The van der Waals surface area contributed by atoms with Gasteiger partial charge in [-0.15, -0.1) is 0 Å². The van der Waals surface area contributed by atoms with E-state index in [1.54, 1.807) is 0 Å². The van der Waals surface area contributed by atoms with Gasteiger partial charge in [0.05, 0.1) is 12.7 Å². The maximum atomic E-state index is 6.66. The summed E-state index contributed by atoms with van der Waals surface area (Å²) in [4.78, 5) is 2.25. The molecule has 0 aliphatic carbocycles. The second kappa shape index (κ2) is 36.1. The molecule has 1 heterocycles. The van der Waals surface area contributed by atoms with Crippen LogP contribution in [0.3, 0.4) is 0 Å². The quantitative estimate of drug-likeness (QED) is 0.0508. The standard InChI is InChI=1S/C45H79NO2.CH4/c1-5-7-9-11-13-15-17-19-21-23-25-27-29-31-33-35-37-40-45(47-43-44(48-45)39-42-46(3)4)41-38-36-34-32-30-28-26-24-22-20-18-16-14-12-10-8-6-2;/h13-16,19-22,25-28,44H,5-12,17-18,23-24,29-43H2,1-4H3;1H4/b15-13-,16-14-,21-19-,22-20-,27-25-,28-26-;. The van der Waals surface area contributed by atoms with Gasteiger partial charge in [-0.1, -0.05) is 146 Å². The van der Waals surface area contributed by atoms with Crippen molar-refractivity contribution < 1.29 is 9.47 Å². The highest BCUT2D eigenvalue weighted by molar-refractivity contribution is 4.98. The maximum Gasteiger partial charge on any atom is 0.168 e. The third-order valence-electron chi connectivity index (χ3n) is 9.21. The van der Waals surface area contributed by atoms with Crippen LogP contribution in [0.1, 0.15) is 182 Å². The van der Waals surface area contributed by atoms with E-state index in [2.05, 4.69) is 106 Å². The van der Waals surface area contributed by atoms with Gasteiger partial charge in [-0.05, 0) is 110 Å². The van der Waals surface area contributed by atoms with Crippen LogP contribution in [0.2, 0.25) is 0 Å². The van der Waals surface area contributed by atoms with Gasteiger partial charge >= 0.3 is 0 Å². The molecule has 1 rings (SSSR count). The van der Waals surface area contributed by atoms with Gasteiger partial charge in [0.1, 0.15) is 0 Å². The van der Waals surface area contributed by atoms with E-state index < -0.39 is 0 Å². The summed E-state index contributed by atoms with van der Waals surface area (Å²) >= 11 is 0. The normalized spacial score (nSPS) is 16.7. The van der Waals surface area contributed by atoms with Gasteiger partial charge in [0.2, 0.25) is 0 Å². The minimum atomic E-state index is -0.342. The number of hydrogen-bond donors (Lipinski definition) is 0. The predicted octanol–water partition coefficient (Wildman–Crippen LogP) is 14.4. The Bertz CT molecular complexity index is 808. The lowest BCUT2D eigenvalue weighted by Gasteiger charge is -2.28. The number of hydrogen-bond acceptors (Lipinski definition) is 3. The Hall–Kier alpha value is -1.68. The van der Waals surface area contributed by atoms with Gasteiger partial charge < -0.3 is 14.4 Å². The second-order valence-corrected chi connectivity index (χ2v) is 14.2. The first-order chi connectivity index (χ1) is 23.6. The topological polar surface area (TPSA) is 21.7 Å². The molecule has 0 bridgehead atoms. The molecule has 0 amide bonds. The van der Waals surface area contributed by atoms with Crippen LogP contribution < -0.4 is 0 Å². The summed E-state index contributed by atoms with van der Waals surface area (Å²) in [6.45, 7) is 6.34. The number of unbranched alkanes of at least 4 members (excludes halogenated alkanes) is 14. The third kappa shape index (κ3) is 30.8. The fourth-order valence-electron chi connectivity index (χ4n) is 6.15. The summed E-state index contributed by atoms with van der Waals surface area (Å²) in [5, 5.41) is 0. The zero-order valence-electron chi connectivity index (χ0n) is 32.4. The van der Waals surface area contributed by atoms with Crippen molar-refractivity contribution in [1.82, 2.24) is 4.90 Å².